The van der Waals surface area contributed by atoms with Gasteiger partial charge in [0, 0.05) is 38.8 Å². The molecule has 0 aromatic carbocycles. The molecule has 3 aliphatic rings. The van der Waals surface area contributed by atoms with E-state index in [0.29, 0.717) is 0 Å². The first-order chi connectivity index (χ1) is 10.3. The number of nitrogens with zero attached hydrogens (tertiary/aromatic N) is 2. The first kappa shape index (κ1) is 15.5. The fourth-order valence-electron chi connectivity index (χ4n) is 4.12. The third-order valence-corrected chi connectivity index (χ3v) is 5.69. The van der Waals surface area contributed by atoms with Crippen LogP contribution >= 0.6 is 12.2 Å². The summed E-state index contributed by atoms with van der Waals surface area (Å²) in [6.45, 7) is 7.06. The number of piperidine rings is 1. The van der Waals surface area contributed by atoms with E-state index >= 15 is 0 Å². The largest absolute Gasteiger partial charge is 0.379 e. The molecule has 1 saturated carbocycles. The summed E-state index contributed by atoms with van der Waals surface area (Å²) >= 11 is 5.68. The van der Waals surface area contributed by atoms with Gasteiger partial charge in [0.05, 0.1) is 13.2 Å². The lowest BCUT2D eigenvalue weighted by atomic mass is 9.78. The molecule has 0 spiro atoms. The van der Waals surface area contributed by atoms with Gasteiger partial charge in [0.25, 0.3) is 0 Å². The molecule has 0 radical (unpaired) electrons. The zero-order valence-electron chi connectivity index (χ0n) is 13.1. The van der Waals surface area contributed by atoms with Gasteiger partial charge in [-0.25, -0.2) is 0 Å². The Balaban J connectivity index is 1.43. The van der Waals surface area contributed by atoms with Crippen LogP contribution in [0.4, 0.5) is 0 Å². The first-order valence-corrected chi connectivity index (χ1v) is 9.10. The van der Waals surface area contributed by atoms with Crippen LogP contribution in [0.25, 0.3) is 0 Å². The maximum Gasteiger partial charge on any atom is 0.169 e. The van der Waals surface area contributed by atoms with E-state index in [1.807, 2.05) is 0 Å². The van der Waals surface area contributed by atoms with Crippen molar-refractivity contribution in [1.29, 1.82) is 0 Å². The summed E-state index contributed by atoms with van der Waals surface area (Å²) in [6, 6.07) is 0.718. The molecule has 0 bridgehead atoms. The van der Waals surface area contributed by atoms with Crippen LogP contribution in [0.2, 0.25) is 0 Å². The average molecular weight is 311 g/mol. The summed E-state index contributed by atoms with van der Waals surface area (Å²) in [7, 11) is 0. The summed E-state index contributed by atoms with van der Waals surface area (Å²) in [5.74, 6) is 0.895. The Morgan fingerprint density at radius 3 is 2.67 bits per heavy atom. The van der Waals surface area contributed by atoms with Gasteiger partial charge < -0.3 is 15.0 Å². The van der Waals surface area contributed by atoms with Gasteiger partial charge >= 0.3 is 0 Å². The third kappa shape index (κ3) is 4.08. The fourth-order valence-corrected chi connectivity index (χ4v) is 4.45. The molecule has 2 atom stereocenters. The lowest BCUT2D eigenvalue weighted by molar-refractivity contribution is 0.0387. The summed E-state index contributed by atoms with van der Waals surface area (Å²) in [5.41, 5.74) is 0. The van der Waals surface area contributed by atoms with Crippen molar-refractivity contribution in [2.45, 2.75) is 44.6 Å². The Hall–Kier alpha value is -0.390. The molecule has 2 aliphatic heterocycles. The quantitative estimate of drug-likeness (QED) is 0.803. The van der Waals surface area contributed by atoms with Gasteiger partial charge in [-0.15, -0.1) is 0 Å². The van der Waals surface area contributed by atoms with Gasteiger partial charge in [0.2, 0.25) is 0 Å². The van der Waals surface area contributed by atoms with Crippen LogP contribution in [-0.2, 0) is 4.74 Å². The summed E-state index contributed by atoms with van der Waals surface area (Å²) in [4.78, 5) is 4.96. The predicted octanol–water partition coefficient (Wildman–Crippen LogP) is 1.85. The minimum atomic E-state index is 0.718. The molecule has 0 aromatic rings. The molecule has 5 heteroatoms. The fraction of sp³-hybridized carbons (Fsp3) is 0.938. The van der Waals surface area contributed by atoms with Crippen LogP contribution in [0, 0.1) is 5.92 Å². The normalized spacial score (nSPS) is 30.8. The minimum Gasteiger partial charge on any atom is -0.379 e. The van der Waals surface area contributed by atoms with Gasteiger partial charge in [-0.1, -0.05) is 12.8 Å². The molecule has 0 amide bonds. The third-order valence-electron chi connectivity index (χ3n) is 5.31. The second-order valence-corrected chi connectivity index (χ2v) is 7.02. The predicted molar refractivity (Wildman–Crippen MR) is 89.5 cm³/mol. The molecular weight excluding hydrogens is 282 g/mol. The van der Waals surface area contributed by atoms with E-state index in [1.54, 1.807) is 0 Å². The first-order valence-electron chi connectivity index (χ1n) is 8.69. The second-order valence-electron chi connectivity index (χ2n) is 6.63. The van der Waals surface area contributed by atoms with Gasteiger partial charge in [0.1, 0.15) is 0 Å². The van der Waals surface area contributed by atoms with Crippen molar-refractivity contribution in [2.24, 2.45) is 5.92 Å². The van der Waals surface area contributed by atoms with Crippen LogP contribution in [0.1, 0.15) is 38.5 Å². The highest BCUT2D eigenvalue weighted by atomic mass is 32.1. The molecule has 21 heavy (non-hydrogen) atoms. The molecule has 1 N–H and O–H groups in total. The molecule has 2 saturated heterocycles. The van der Waals surface area contributed by atoms with E-state index in [-0.39, 0.29) is 0 Å². The Kier molecular flexibility index (Phi) is 5.72. The van der Waals surface area contributed by atoms with Gasteiger partial charge in [-0.2, -0.15) is 0 Å². The molecule has 3 rings (SSSR count). The zero-order valence-corrected chi connectivity index (χ0v) is 13.9. The van der Waals surface area contributed by atoms with Crippen LogP contribution in [0.3, 0.4) is 0 Å². The summed E-state index contributed by atoms with van der Waals surface area (Å²) < 4.78 is 5.39. The number of ether oxygens (including phenoxy) is 1. The van der Waals surface area contributed by atoms with Gasteiger partial charge in [-0.05, 0) is 43.8 Å². The van der Waals surface area contributed by atoms with E-state index in [2.05, 4.69) is 15.1 Å². The minimum absolute atomic E-state index is 0.718. The highest BCUT2D eigenvalue weighted by Gasteiger charge is 2.34. The van der Waals surface area contributed by atoms with Crippen LogP contribution in [0.5, 0.6) is 0 Å². The lowest BCUT2D eigenvalue weighted by Gasteiger charge is -2.45. The SMILES string of the molecule is S=C(NCCN1CCOCC1)N1CCC[C@@H]2CCCC[C@H]21. The average Bonchev–Trinajstić information content (AvgIpc) is 2.55. The standard InChI is InChI=1S/C16H29N3OS/c21-16(17-7-9-18-10-12-20-13-11-18)19-8-3-5-14-4-1-2-6-15(14)19/h14-15H,1-13H2,(H,17,21)/t14-,15+/m0/s1. The van der Waals surface area contributed by atoms with Gasteiger partial charge in [0.15, 0.2) is 5.11 Å². The topological polar surface area (TPSA) is 27.7 Å². The zero-order chi connectivity index (χ0) is 14.5. The monoisotopic (exact) mass is 311 g/mol. The molecule has 1 aliphatic carbocycles. The van der Waals surface area contributed by atoms with Crippen LogP contribution in [-0.4, -0.2) is 66.9 Å². The maximum atomic E-state index is 5.68. The smallest absolute Gasteiger partial charge is 0.169 e. The van der Waals surface area contributed by atoms with Crippen molar-refractivity contribution >= 4 is 17.3 Å². The number of hydrogen-bond donors (Lipinski definition) is 1. The molecule has 3 fully saturated rings. The van der Waals surface area contributed by atoms with Crippen molar-refractivity contribution in [3.05, 3.63) is 0 Å². The molecular formula is C16H29N3OS. The number of likely N-dealkylation sites (tertiary alicyclic amines) is 1. The molecule has 4 nitrogen and oxygen atoms in total. The highest BCUT2D eigenvalue weighted by molar-refractivity contribution is 7.80. The molecule has 0 aromatic heterocycles. The Morgan fingerprint density at radius 1 is 1.05 bits per heavy atom. The van der Waals surface area contributed by atoms with E-state index < -0.39 is 0 Å². The van der Waals surface area contributed by atoms with E-state index in [4.69, 9.17) is 17.0 Å². The number of thiocarbonyl (C=S) groups is 1. The van der Waals surface area contributed by atoms with E-state index in [0.717, 1.165) is 63.0 Å². The van der Waals surface area contributed by atoms with E-state index in [9.17, 15) is 0 Å². The molecule has 2 heterocycles. The van der Waals surface area contributed by atoms with Crippen LogP contribution < -0.4 is 5.32 Å². The number of nitrogens with one attached hydrogen (secondary N) is 1. The Bertz CT molecular complexity index is 344. The number of rotatable bonds is 3. The van der Waals surface area contributed by atoms with Crippen molar-refractivity contribution in [2.75, 3.05) is 45.9 Å². The lowest BCUT2D eigenvalue weighted by Crippen LogP contribution is -2.54. The van der Waals surface area contributed by atoms with E-state index in [1.165, 1.54) is 38.5 Å². The summed E-state index contributed by atoms with van der Waals surface area (Å²) in [6.07, 6.45) is 8.29. The van der Waals surface area contributed by atoms with Gasteiger partial charge in [-0.3, -0.25) is 4.90 Å². The maximum absolute atomic E-state index is 5.68. The summed E-state index contributed by atoms with van der Waals surface area (Å²) in [5, 5.41) is 4.51. The second kappa shape index (κ2) is 7.75. The van der Waals surface area contributed by atoms with Crippen LogP contribution in [0.15, 0.2) is 0 Å². The van der Waals surface area contributed by atoms with Crippen molar-refractivity contribution in [3.63, 3.8) is 0 Å². The van der Waals surface area contributed by atoms with Crippen molar-refractivity contribution < 1.29 is 4.74 Å². The highest BCUT2D eigenvalue weighted by Crippen LogP contribution is 2.35. The number of hydrogen-bond acceptors (Lipinski definition) is 3. The van der Waals surface area contributed by atoms with Crippen molar-refractivity contribution in [1.82, 2.24) is 15.1 Å². The Labute approximate surface area is 134 Å². The Morgan fingerprint density at radius 2 is 1.81 bits per heavy atom. The number of fused-ring (bicyclic) bond motifs is 1. The molecule has 120 valence electrons. The number of morpholine rings is 1. The van der Waals surface area contributed by atoms with Crippen molar-refractivity contribution in [3.8, 4) is 0 Å². The molecule has 0 unspecified atom stereocenters.